The van der Waals surface area contributed by atoms with Crippen molar-refractivity contribution < 1.29 is 9.59 Å². The van der Waals surface area contributed by atoms with Crippen LogP contribution in [0.1, 0.15) is 53.4 Å². The van der Waals surface area contributed by atoms with Crippen molar-refractivity contribution in [3.63, 3.8) is 0 Å². The minimum atomic E-state index is -0.0971. The molecule has 31 heavy (non-hydrogen) atoms. The molecule has 1 atom stereocenters. The second-order valence-corrected chi connectivity index (χ2v) is 9.46. The van der Waals surface area contributed by atoms with Gasteiger partial charge in [0.2, 0.25) is 6.41 Å². The van der Waals surface area contributed by atoms with Crippen LogP contribution in [-0.4, -0.2) is 58.8 Å². The predicted octanol–water partition coefficient (Wildman–Crippen LogP) is 4.04. The maximum absolute atomic E-state index is 12.6. The standard InChI is InChI=1S/C23H31ClN4O2S/c1-16-12-21(24)26-18(3)22(16)23(30)25-8-4-17(2)27-9-5-20(6-10-27)28(15-29)13-19-7-11-31-14-19/h7,11-12,14-15,17,20H,4-6,8-10,13H2,1-3H3,(H,25,30)/t17-/m1/s1. The first-order valence-corrected chi connectivity index (χ1v) is 12.1. The van der Waals surface area contributed by atoms with Crippen molar-refractivity contribution in [1.29, 1.82) is 0 Å². The number of pyridine rings is 1. The number of carbonyl (C=O) groups is 2. The summed E-state index contributed by atoms with van der Waals surface area (Å²) in [5, 5.41) is 7.59. The fourth-order valence-corrected chi connectivity index (χ4v) is 5.25. The molecular formula is C23H31ClN4O2S. The van der Waals surface area contributed by atoms with Crippen molar-refractivity contribution in [1.82, 2.24) is 20.1 Å². The number of likely N-dealkylation sites (tertiary alicyclic amines) is 1. The first kappa shape index (κ1) is 23.7. The summed E-state index contributed by atoms with van der Waals surface area (Å²) in [6.45, 7) is 9.12. The lowest BCUT2D eigenvalue weighted by Crippen LogP contribution is -2.47. The molecule has 0 aliphatic carbocycles. The third kappa shape index (κ3) is 6.28. The molecule has 1 N–H and O–H groups in total. The van der Waals surface area contributed by atoms with E-state index >= 15 is 0 Å². The summed E-state index contributed by atoms with van der Waals surface area (Å²) in [6.07, 6.45) is 3.83. The van der Waals surface area contributed by atoms with Gasteiger partial charge in [0.1, 0.15) is 5.15 Å². The lowest BCUT2D eigenvalue weighted by atomic mass is 10.0. The fourth-order valence-electron chi connectivity index (χ4n) is 4.30. The zero-order valence-electron chi connectivity index (χ0n) is 18.4. The molecule has 1 saturated heterocycles. The van der Waals surface area contributed by atoms with E-state index in [2.05, 4.69) is 33.6 Å². The Bertz CT molecular complexity index is 859. The Morgan fingerprint density at radius 2 is 2.16 bits per heavy atom. The monoisotopic (exact) mass is 462 g/mol. The van der Waals surface area contributed by atoms with Crippen molar-refractivity contribution in [2.45, 2.75) is 58.7 Å². The summed E-state index contributed by atoms with van der Waals surface area (Å²) >= 11 is 7.63. The quantitative estimate of drug-likeness (QED) is 0.451. The number of carbonyl (C=O) groups excluding carboxylic acids is 2. The van der Waals surface area contributed by atoms with E-state index in [1.54, 1.807) is 17.4 Å². The molecule has 2 amide bonds. The Labute approximate surface area is 193 Å². The number of aromatic nitrogens is 1. The van der Waals surface area contributed by atoms with Gasteiger partial charge in [-0.3, -0.25) is 9.59 Å². The van der Waals surface area contributed by atoms with Crippen molar-refractivity contribution in [2.24, 2.45) is 0 Å². The van der Waals surface area contributed by atoms with Gasteiger partial charge in [0.05, 0.1) is 11.3 Å². The average Bonchev–Trinajstić information content (AvgIpc) is 3.24. The number of aryl methyl sites for hydroxylation is 2. The van der Waals surface area contributed by atoms with Gasteiger partial charge in [-0.15, -0.1) is 0 Å². The molecule has 0 bridgehead atoms. The van der Waals surface area contributed by atoms with E-state index < -0.39 is 0 Å². The van der Waals surface area contributed by atoms with Gasteiger partial charge in [-0.1, -0.05) is 11.6 Å². The normalized spacial score (nSPS) is 16.1. The third-order valence-electron chi connectivity index (χ3n) is 6.11. The van der Waals surface area contributed by atoms with Crippen LogP contribution in [0.4, 0.5) is 0 Å². The first-order valence-electron chi connectivity index (χ1n) is 10.8. The van der Waals surface area contributed by atoms with Crippen molar-refractivity contribution in [3.8, 4) is 0 Å². The fraction of sp³-hybridized carbons (Fsp3) is 0.522. The molecule has 2 aromatic heterocycles. The average molecular weight is 463 g/mol. The van der Waals surface area contributed by atoms with E-state index in [-0.39, 0.29) is 5.91 Å². The molecule has 3 rings (SSSR count). The molecule has 6 nitrogen and oxygen atoms in total. The van der Waals surface area contributed by atoms with Crippen LogP contribution in [0.5, 0.6) is 0 Å². The minimum absolute atomic E-state index is 0.0971. The lowest BCUT2D eigenvalue weighted by Gasteiger charge is -2.39. The molecule has 8 heteroatoms. The predicted molar refractivity (Wildman–Crippen MR) is 126 cm³/mol. The third-order valence-corrected chi connectivity index (χ3v) is 7.04. The maximum atomic E-state index is 12.6. The van der Waals surface area contributed by atoms with E-state index in [0.29, 0.717) is 41.6 Å². The summed E-state index contributed by atoms with van der Waals surface area (Å²) in [7, 11) is 0. The highest BCUT2D eigenvalue weighted by Gasteiger charge is 2.26. The second kappa shape index (κ2) is 11.1. The van der Waals surface area contributed by atoms with Crippen LogP contribution in [-0.2, 0) is 11.3 Å². The highest BCUT2D eigenvalue weighted by Crippen LogP contribution is 2.21. The van der Waals surface area contributed by atoms with Crippen LogP contribution in [0.25, 0.3) is 0 Å². The number of amides is 2. The van der Waals surface area contributed by atoms with Gasteiger partial charge in [-0.2, -0.15) is 11.3 Å². The highest BCUT2D eigenvalue weighted by molar-refractivity contribution is 7.07. The van der Waals surface area contributed by atoms with E-state index in [4.69, 9.17) is 11.6 Å². The topological polar surface area (TPSA) is 65.5 Å². The maximum Gasteiger partial charge on any atom is 0.253 e. The van der Waals surface area contributed by atoms with Crippen LogP contribution in [0.3, 0.4) is 0 Å². The van der Waals surface area contributed by atoms with Crippen LogP contribution in [0.2, 0.25) is 5.15 Å². The van der Waals surface area contributed by atoms with Crippen LogP contribution in [0.15, 0.2) is 22.9 Å². The van der Waals surface area contributed by atoms with Crippen LogP contribution >= 0.6 is 22.9 Å². The van der Waals surface area contributed by atoms with Gasteiger partial charge in [0, 0.05) is 38.3 Å². The zero-order valence-corrected chi connectivity index (χ0v) is 20.0. The summed E-state index contributed by atoms with van der Waals surface area (Å²) < 4.78 is 0. The Morgan fingerprint density at radius 1 is 1.42 bits per heavy atom. The van der Waals surface area contributed by atoms with Gasteiger partial charge >= 0.3 is 0 Å². The van der Waals surface area contributed by atoms with Crippen molar-refractivity contribution in [2.75, 3.05) is 19.6 Å². The smallest absolute Gasteiger partial charge is 0.253 e. The minimum Gasteiger partial charge on any atom is -0.352 e. The van der Waals surface area contributed by atoms with Gasteiger partial charge in [0.25, 0.3) is 5.91 Å². The van der Waals surface area contributed by atoms with Crippen molar-refractivity contribution in [3.05, 3.63) is 50.4 Å². The van der Waals surface area contributed by atoms with Gasteiger partial charge in [-0.25, -0.2) is 4.98 Å². The number of hydrogen-bond donors (Lipinski definition) is 1. The molecule has 1 fully saturated rings. The van der Waals surface area contributed by atoms with Gasteiger partial charge < -0.3 is 15.1 Å². The first-order chi connectivity index (χ1) is 14.9. The number of nitrogens with one attached hydrogen (secondary N) is 1. The molecule has 0 saturated carbocycles. The zero-order chi connectivity index (χ0) is 22.4. The van der Waals surface area contributed by atoms with E-state index in [1.807, 2.05) is 24.1 Å². The lowest BCUT2D eigenvalue weighted by molar-refractivity contribution is -0.121. The summed E-state index contributed by atoms with van der Waals surface area (Å²) in [4.78, 5) is 32.8. The largest absolute Gasteiger partial charge is 0.352 e. The molecular weight excluding hydrogens is 432 g/mol. The summed E-state index contributed by atoms with van der Waals surface area (Å²) in [5.41, 5.74) is 3.30. The van der Waals surface area contributed by atoms with Crippen LogP contribution in [0, 0.1) is 13.8 Å². The molecule has 0 spiro atoms. The van der Waals surface area contributed by atoms with E-state index in [0.717, 1.165) is 44.3 Å². The number of piperidine rings is 1. The Balaban J connectivity index is 1.43. The van der Waals surface area contributed by atoms with E-state index in [9.17, 15) is 9.59 Å². The van der Waals surface area contributed by atoms with Gasteiger partial charge in [-0.05, 0) is 74.1 Å². The second-order valence-electron chi connectivity index (χ2n) is 8.29. The van der Waals surface area contributed by atoms with Crippen LogP contribution < -0.4 is 5.32 Å². The molecule has 168 valence electrons. The number of rotatable bonds is 9. The highest BCUT2D eigenvalue weighted by atomic mass is 35.5. The Kier molecular flexibility index (Phi) is 8.46. The summed E-state index contributed by atoms with van der Waals surface area (Å²) in [5.74, 6) is -0.0971. The number of hydrogen-bond acceptors (Lipinski definition) is 5. The Hall–Kier alpha value is -1.96. The molecule has 0 radical (unpaired) electrons. The molecule has 0 unspecified atom stereocenters. The SMILES string of the molecule is Cc1cc(Cl)nc(C)c1C(=O)NCC[C@@H](C)N1CCC(N(C=O)Cc2ccsc2)CC1. The van der Waals surface area contributed by atoms with E-state index in [1.165, 1.54) is 5.56 Å². The number of halogens is 1. The number of nitrogens with zero attached hydrogens (tertiary/aromatic N) is 3. The molecule has 1 aliphatic heterocycles. The summed E-state index contributed by atoms with van der Waals surface area (Å²) in [6, 6.07) is 4.46. The van der Waals surface area contributed by atoms with Gasteiger partial charge in [0.15, 0.2) is 0 Å². The molecule has 0 aromatic carbocycles. The Morgan fingerprint density at radius 3 is 2.77 bits per heavy atom. The molecule has 3 heterocycles. The van der Waals surface area contributed by atoms with Crippen molar-refractivity contribution >= 4 is 35.3 Å². The number of thiophene rings is 1. The molecule has 2 aromatic rings. The molecule has 1 aliphatic rings.